The predicted octanol–water partition coefficient (Wildman–Crippen LogP) is 0.949. The van der Waals surface area contributed by atoms with Crippen LogP contribution in [0.15, 0.2) is 53.5 Å². The molecule has 2 aromatic carbocycles. The van der Waals surface area contributed by atoms with E-state index in [1.165, 1.54) is 25.2 Å². The first-order valence-corrected chi connectivity index (χ1v) is 20.7. The number of nitrogens with one attached hydrogen (secondary N) is 5. The van der Waals surface area contributed by atoms with E-state index >= 15 is 0 Å². The zero-order valence-corrected chi connectivity index (χ0v) is 35.1. The van der Waals surface area contributed by atoms with Crippen LogP contribution in [0.2, 0.25) is 0 Å². The van der Waals surface area contributed by atoms with Crippen molar-refractivity contribution in [3.05, 3.63) is 64.7 Å². The second kappa shape index (κ2) is 24.5. The number of Topliss-reactive ketones (excluding diaryl/α,β-unsaturated/α-hetero) is 1. The lowest BCUT2D eigenvalue weighted by atomic mass is 10.0. The average molecular weight is 837 g/mol. The highest BCUT2D eigenvalue weighted by atomic mass is 32.1. The van der Waals surface area contributed by atoms with Crippen LogP contribution in [0.1, 0.15) is 87.1 Å². The number of carbonyl (C=O) groups excluding carboxylic acids is 6. The number of rotatable bonds is 25. The van der Waals surface area contributed by atoms with Gasteiger partial charge >= 0.3 is 0 Å². The van der Waals surface area contributed by atoms with Crippen molar-refractivity contribution in [1.29, 1.82) is 0 Å². The molecule has 0 aliphatic carbocycles. The Morgan fingerprint density at radius 2 is 1.46 bits per heavy atom. The minimum absolute atomic E-state index is 0.00472. The Labute approximate surface area is 349 Å². The van der Waals surface area contributed by atoms with Crippen LogP contribution in [-0.2, 0) is 36.8 Å². The number of hydrogen-bond acceptors (Lipinski definition) is 11. The molecule has 0 bridgehead atoms. The molecule has 0 aliphatic rings. The molecule has 17 nitrogen and oxygen atoms in total. The van der Waals surface area contributed by atoms with Gasteiger partial charge in [0, 0.05) is 31.5 Å². The first-order valence-electron chi connectivity index (χ1n) is 19.9. The van der Waals surface area contributed by atoms with Gasteiger partial charge in [0.1, 0.15) is 18.1 Å². The van der Waals surface area contributed by atoms with E-state index in [0.717, 1.165) is 10.3 Å². The summed E-state index contributed by atoms with van der Waals surface area (Å²) in [6.45, 7) is 6.51. The molecule has 18 heteroatoms. The first-order chi connectivity index (χ1) is 28.1. The van der Waals surface area contributed by atoms with Crippen molar-refractivity contribution in [2.24, 2.45) is 28.1 Å². The lowest BCUT2D eigenvalue weighted by molar-refractivity contribution is -0.134. The Morgan fingerprint density at radius 3 is 2.08 bits per heavy atom. The van der Waals surface area contributed by atoms with Crippen molar-refractivity contribution in [3.8, 4) is 0 Å². The van der Waals surface area contributed by atoms with Crippen LogP contribution in [0.4, 0.5) is 0 Å². The molecule has 1 heterocycles. The molecule has 0 saturated heterocycles. The smallest absolute Gasteiger partial charge is 0.251 e. The fourth-order valence-corrected chi connectivity index (χ4v) is 7.41. The Morgan fingerprint density at radius 1 is 0.780 bits per heavy atom. The van der Waals surface area contributed by atoms with Gasteiger partial charge < -0.3 is 48.9 Å². The van der Waals surface area contributed by atoms with Crippen molar-refractivity contribution in [3.63, 3.8) is 0 Å². The highest BCUT2D eigenvalue weighted by molar-refractivity contribution is 7.18. The lowest BCUT2D eigenvalue weighted by Crippen LogP contribution is -2.58. The van der Waals surface area contributed by atoms with E-state index < -0.39 is 60.4 Å². The molecule has 3 rings (SSSR count). The number of ketones is 1. The maximum Gasteiger partial charge on any atom is 0.251 e. The molecule has 12 N–H and O–H groups in total. The quantitative estimate of drug-likeness (QED) is 0.0329. The molecule has 0 aliphatic heterocycles. The molecule has 322 valence electrons. The number of guanidine groups is 1. The van der Waals surface area contributed by atoms with Crippen LogP contribution in [0, 0.1) is 5.92 Å². The maximum atomic E-state index is 14.0. The number of aliphatic hydroxyl groups is 1. The van der Waals surface area contributed by atoms with Crippen LogP contribution >= 0.6 is 11.3 Å². The van der Waals surface area contributed by atoms with Crippen LogP contribution in [0.5, 0.6) is 0 Å². The SMILES string of the molecule is CC(=O)N[C@@H](CO)C(=O)N[C@@H](CCCCN)C(=O)N[C@@H](CC(C)C)C(=O)N[C@@H](CCCN=C(N)N)Cc1nc2ccc(C(=O)N[C@@H](Cc3ccccc3)C(C)=O)cc2s1. The molecule has 59 heavy (non-hydrogen) atoms. The number of aliphatic hydroxyl groups excluding tert-OH is 1. The number of hydrogen-bond donors (Lipinski definition) is 9. The highest BCUT2D eigenvalue weighted by Crippen LogP contribution is 2.25. The normalized spacial score (nSPS) is 13.7. The van der Waals surface area contributed by atoms with E-state index in [9.17, 15) is 33.9 Å². The summed E-state index contributed by atoms with van der Waals surface area (Å²) in [5.41, 5.74) is 18.7. The van der Waals surface area contributed by atoms with Gasteiger partial charge in [0.2, 0.25) is 23.6 Å². The number of nitrogens with two attached hydrogens (primary N) is 3. The number of amides is 5. The second-order valence-electron chi connectivity index (χ2n) is 14.9. The number of aliphatic imine (C=N–C) groups is 1. The summed E-state index contributed by atoms with van der Waals surface area (Å²) in [7, 11) is 0. The minimum atomic E-state index is -1.26. The number of aromatic nitrogens is 1. The van der Waals surface area contributed by atoms with Crippen LogP contribution < -0.4 is 43.8 Å². The molecule has 3 aromatic rings. The van der Waals surface area contributed by atoms with Gasteiger partial charge in [-0.3, -0.25) is 33.8 Å². The van der Waals surface area contributed by atoms with Gasteiger partial charge in [-0.1, -0.05) is 44.2 Å². The summed E-state index contributed by atoms with van der Waals surface area (Å²) in [4.78, 5) is 86.9. The molecular weight excluding hydrogens is 777 g/mol. The standard InChI is InChI=1S/C41H60N10O7S/c1-24(2)19-33(51-38(56)31(14-8-9-17-42)49-40(58)34(23-52)46-26(4)54)39(57)47-29(13-10-18-45-41(43)44)22-36-48-30-16-15-28(21-35(30)59-36)37(55)50-32(25(3)53)20-27-11-6-5-7-12-27/h5-7,11-12,15-16,21,24,29,31-34,52H,8-10,13-14,17-20,22-23,42H2,1-4H3,(H,46,54)(H,47,57)(H,49,58)(H,50,55)(H,51,56)(H4,43,44,45)/t29-,31-,32-,33-,34-/m0/s1. The van der Waals surface area contributed by atoms with E-state index in [0.29, 0.717) is 67.7 Å². The molecule has 0 unspecified atom stereocenters. The monoisotopic (exact) mass is 836 g/mol. The molecule has 0 fully saturated rings. The molecule has 0 radical (unpaired) electrons. The molecule has 5 atom stereocenters. The van der Waals surface area contributed by atoms with Crippen molar-refractivity contribution in [2.75, 3.05) is 19.7 Å². The van der Waals surface area contributed by atoms with Crippen LogP contribution in [0.25, 0.3) is 10.2 Å². The molecule has 0 spiro atoms. The largest absolute Gasteiger partial charge is 0.394 e. The predicted molar refractivity (Wildman–Crippen MR) is 228 cm³/mol. The summed E-state index contributed by atoms with van der Waals surface area (Å²) >= 11 is 1.37. The van der Waals surface area contributed by atoms with Gasteiger partial charge in [-0.25, -0.2) is 4.98 Å². The van der Waals surface area contributed by atoms with E-state index in [1.54, 1.807) is 18.2 Å². The number of thiazole rings is 1. The van der Waals surface area contributed by atoms with Gasteiger partial charge in [-0.05, 0) is 88.1 Å². The van der Waals surface area contributed by atoms with E-state index in [4.69, 9.17) is 22.2 Å². The summed E-state index contributed by atoms with van der Waals surface area (Å²) in [5.74, 6) is -2.90. The van der Waals surface area contributed by atoms with Gasteiger partial charge in [0.25, 0.3) is 5.91 Å². The Kier molecular flexibility index (Phi) is 19.9. The van der Waals surface area contributed by atoms with E-state index in [2.05, 4.69) is 31.6 Å². The zero-order valence-electron chi connectivity index (χ0n) is 34.3. The molecular formula is C41H60N10O7S. The van der Waals surface area contributed by atoms with E-state index in [-0.39, 0.29) is 36.4 Å². The fourth-order valence-electron chi connectivity index (χ4n) is 6.32. The second-order valence-corrected chi connectivity index (χ2v) is 16.1. The third-order valence-corrected chi connectivity index (χ3v) is 10.4. The average Bonchev–Trinajstić information content (AvgIpc) is 3.59. The number of carbonyl (C=O) groups is 6. The van der Waals surface area contributed by atoms with Gasteiger partial charge in [-0.2, -0.15) is 0 Å². The zero-order chi connectivity index (χ0) is 43.5. The summed E-state index contributed by atoms with van der Waals surface area (Å²) in [5, 5.41) is 24.1. The fraction of sp³-hybridized carbons (Fsp3) is 0.512. The number of fused-ring (bicyclic) bond motifs is 1. The van der Waals surface area contributed by atoms with Gasteiger partial charge in [0.05, 0.1) is 27.9 Å². The Bertz CT molecular complexity index is 1900. The highest BCUT2D eigenvalue weighted by Gasteiger charge is 2.30. The first kappa shape index (κ1) is 47.9. The summed E-state index contributed by atoms with van der Waals surface area (Å²) < 4.78 is 0.746. The minimum Gasteiger partial charge on any atom is -0.394 e. The Balaban J connectivity index is 1.81. The molecule has 1 aromatic heterocycles. The number of nitrogens with zero attached hydrogens (tertiary/aromatic N) is 2. The third-order valence-electron chi connectivity index (χ3n) is 9.34. The van der Waals surface area contributed by atoms with Crippen molar-refractivity contribution < 1.29 is 33.9 Å². The molecule has 5 amide bonds. The van der Waals surface area contributed by atoms with Crippen molar-refractivity contribution in [1.82, 2.24) is 31.6 Å². The summed E-state index contributed by atoms with van der Waals surface area (Å²) in [6, 6.07) is 10.1. The lowest BCUT2D eigenvalue weighted by Gasteiger charge is -2.27. The Hall–Kier alpha value is -5.46. The van der Waals surface area contributed by atoms with Crippen LogP contribution in [0.3, 0.4) is 0 Å². The third kappa shape index (κ3) is 16.7. The number of unbranched alkanes of at least 4 members (excludes halogenated alkanes) is 1. The van der Waals surface area contributed by atoms with Gasteiger partial charge in [0.15, 0.2) is 11.7 Å². The summed E-state index contributed by atoms with van der Waals surface area (Å²) in [6.07, 6.45) is 3.26. The van der Waals surface area contributed by atoms with E-state index in [1.807, 2.05) is 44.2 Å². The van der Waals surface area contributed by atoms with Crippen molar-refractivity contribution in [2.45, 2.75) is 109 Å². The van der Waals surface area contributed by atoms with Crippen molar-refractivity contribution >= 4 is 62.8 Å². The topological polar surface area (TPSA) is 286 Å². The van der Waals surface area contributed by atoms with Crippen LogP contribution in [-0.4, -0.2) is 101 Å². The maximum absolute atomic E-state index is 14.0. The number of benzene rings is 2. The van der Waals surface area contributed by atoms with Gasteiger partial charge in [-0.15, -0.1) is 11.3 Å². The molecule has 0 saturated carbocycles.